The molecular formula is C28H31N5O3S2. The summed E-state index contributed by atoms with van der Waals surface area (Å²) in [7, 11) is 1.66. The number of fused-ring (bicyclic) bond motifs is 1. The largest absolute Gasteiger partial charge is 0.497 e. The summed E-state index contributed by atoms with van der Waals surface area (Å²) in [6, 6.07) is 11.8. The third-order valence-electron chi connectivity index (χ3n) is 6.97. The number of carbonyl (C=O) groups excluding carboxylic acids is 1. The van der Waals surface area contributed by atoms with E-state index in [0.717, 1.165) is 42.9 Å². The third-order valence-corrected chi connectivity index (χ3v) is 8.34. The summed E-state index contributed by atoms with van der Waals surface area (Å²) in [5.41, 5.74) is 2.90. The minimum Gasteiger partial charge on any atom is -0.497 e. The van der Waals surface area contributed by atoms with Gasteiger partial charge in [0.2, 0.25) is 0 Å². The number of anilines is 2. The van der Waals surface area contributed by atoms with E-state index in [2.05, 4.69) is 28.9 Å². The molecule has 1 aromatic carbocycles. The molecule has 5 rings (SSSR count). The number of aryl methyl sites for hydroxylation is 1. The topological polar surface area (TPSA) is 70.4 Å². The second-order valence-corrected chi connectivity index (χ2v) is 11.1. The normalized spacial score (nSPS) is 17.2. The van der Waals surface area contributed by atoms with Gasteiger partial charge >= 0.3 is 0 Å². The highest BCUT2D eigenvalue weighted by molar-refractivity contribution is 8.26. The van der Waals surface area contributed by atoms with Crippen molar-refractivity contribution in [1.29, 1.82) is 0 Å². The van der Waals surface area contributed by atoms with Crippen LogP contribution in [0.15, 0.2) is 52.3 Å². The highest BCUT2D eigenvalue weighted by Crippen LogP contribution is 2.34. The van der Waals surface area contributed by atoms with Gasteiger partial charge in [-0.1, -0.05) is 43.4 Å². The quantitative estimate of drug-likeness (QED) is 0.319. The lowest BCUT2D eigenvalue weighted by Gasteiger charge is -2.37. The molecule has 3 aromatic rings. The van der Waals surface area contributed by atoms with E-state index in [-0.39, 0.29) is 11.5 Å². The number of rotatable bonds is 7. The van der Waals surface area contributed by atoms with Crippen LogP contribution in [0, 0.1) is 6.92 Å². The number of benzene rings is 1. The van der Waals surface area contributed by atoms with Crippen molar-refractivity contribution >= 4 is 57.4 Å². The Morgan fingerprint density at radius 3 is 2.47 bits per heavy atom. The van der Waals surface area contributed by atoms with Crippen molar-refractivity contribution in [2.24, 2.45) is 0 Å². The molecule has 8 nitrogen and oxygen atoms in total. The highest BCUT2D eigenvalue weighted by Gasteiger charge is 2.33. The van der Waals surface area contributed by atoms with Gasteiger partial charge in [-0.25, -0.2) is 4.98 Å². The number of nitrogens with zero attached hydrogens (tertiary/aromatic N) is 5. The smallest absolute Gasteiger partial charge is 0.267 e. The van der Waals surface area contributed by atoms with Crippen molar-refractivity contribution in [2.75, 3.05) is 49.6 Å². The minimum atomic E-state index is -0.190. The van der Waals surface area contributed by atoms with Gasteiger partial charge in [0.15, 0.2) is 0 Å². The average Bonchev–Trinajstić information content (AvgIpc) is 3.21. The van der Waals surface area contributed by atoms with Gasteiger partial charge in [-0.15, -0.1) is 0 Å². The van der Waals surface area contributed by atoms with Crippen LogP contribution in [0.4, 0.5) is 11.5 Å². The second kappa shape index (κ2) is 11.2. The van der Waals surface area contributed by atoms with Gasteiger partial charge in [-0.3, -0.25) is 18.9 Å². The Morgan fingerprint density at radius 2 is 1.79 bits per heavy atom. The minimum absolute atomic E-state index is 0.141. The molecule has 2 fully saturated rings. The summed E-state index contributed by atoms with van der Waals surface area (Å²) in [5, 5.41) is 0. The molecule has 38 heavy (non-hydrogen) atoms. The van der Waals surface area contributed by atoms with E-state index in [4.69, 9.17) is 21.9 Å². The number of carbonyl (C=O) groups is 1. The van der Waals surface area contributed by atoms with E-state index >= 15 is 0 Å². The fraction of sp³-hybridized carbons (Fsp3) is 0.357. The monoisotopic (exact) mass is 549 g/mol. The van der Waals surface area contributed by atoms with Gasteiger partial charge in [-0.2, -0.15) is 0 Å². The van der Waals surface area contributed by atoms with Crippen LogP contribution >= 0.6 is 24.0 Å². The second-order valence-electron chi connectivity index (χ2n) is 9.40. The zero-order valence-corrected chi connectivity index (χ0v) is 23.5. The Labute approximate surface area is 231 Å². The van der Waals surface area contributed by atoms with Crippen LogP contribution in [0.3, 0.4) is 0 Å². The van der Waals surface area contributed by atoms with Crippen LogP contribution in [-0.4, -0.2) is 64.3 Å². The van der Waals surface area contributed by atoms with Crippen LogP contribution < -0.4 is 20.1 Å². The summed E-state index contributed by atoms with van der Waals surface area (Å²) >= 11 is 6.75. The first-order valence-corrected chi connectivity index (χ1v) is 14.0. The fourth-order valence-electron chi connectivity index (χ4n) is 4.78. The molecule has 0 bridgehead atoms. The standard InChI is InChI=1S/C28H31N5O3S2/c1-4-5-12-33-27(35)23(38-28(33)37)18-22-25(29-24-19(2)7-6-13-32(24)26(22)34)31-16-14-30(15-17-31)20-8-10-21(36-3)11-9-20/h6-11,13,18H,4-5,12,14-17H2,1-3H3/b23-18+. The maximum Gasteiger partial charge on any atom is 0.267 e. The van der Waals surface area contributed by atoms with Crippen molar-refractivity contribution < 1.29 is 9.53 Å². The van der Waals surface area contributed by atoms with Crippen LogP contribution in [0.25, 0.3) is 11.7 Å². The zero-order chi connectivity index (χ0) is 26.8. The molecule has 10 heteroatoms. The number of thioether (sulfide) groups is 1. The van der Waals surface area contributed by atoms with E-state index in [1.165, 1.54) is 11.8 Å². The SMILES string of the molecule is CCCCN1C(=O)/C(=C\c2c(N3CCN(c4ccc(OC)cc4)CC3)nc3c(C)cccn3c2=O)SC1=S. The van der Waals surface area contributed by atoms with Crippen LogP contribution in [0.5, 0.6) is 5.75 Å². The number of aromatic nitrogens is 2. The van der Waals surface area contributed by atoms with Crippen molar-refractivity contribution in [3.8, 4) is 5.75 Å². The maximum absolute atomic E-state index is 13.8. The maximum atomic E-state index is 13.8. The van der Waals surface area contributed by atoms with Crippen LogP contribution in [0.2, 0.25) is 0 Å². The van der Waals surface area contributed by atoms with Crippen LogP contribution in [-0.2, 0) is 4.79 Å². The molecule has 0 radical (unpaired) electrons. The third kappa shape index (κ3) is 5.02. The molecule has 4 heterocycles. The molecule has 198 valence electrons. The first kappa shape index (κ1) is 26.2. The number of amides is 1. The van der Waals surface area contributed by atoms with Crippen LogP contribution in [0.1, 0.15) is 30.9 Å². The Balaban J connectivity index is 1.50. The number of pyridine rings is 1. The fourth-order valence-corrected chi connectivity index (χ4v) is 6.07. The molecule has 0 atom stereocenters. The van der Waals surface area contributed by atoms with Gasteiger partial charge < -0.3 is 14.5 Å². The number of thiocarbonyl (C=S) groups is 1. The number of hydrogen-bond donors (Lipinski definition) is 0. The van der Waals surface area contributed by atoms with E-state index in [0.29, 0.717) is 45.9 Å². The number of hydrogen-bond acceptors (Lipinski definition) is 8. The number of ether oxygens (including phenoxy) is 1. The predicted molar refractivity (Wildman–Crippen MR) is 158 cm³/mol. The molecule has 2 aromatic heterocycles. The lowest BCUT2D eigenvalue weighted by atomic mass is 10.2. The summed E-state index contributed by atoms with van der Waals surface area (Å²) in [6.07, 6.45) is 5.27. The molecule has 2 aliphatic rings. The van der Waals surface area contributed by atoms with Gasteiger partial charge in [0, 0.05) is 44.6 Å². The number of piperazine rings is 1. The van der Waals surface area contributed by atoms with Gasteiger partial charge in [-0.05, 0) is 55.3 Å². The average molecular weight is 550 g/mol. The van der Waals surface area contributed by atoms with Gasteiger partial charge in [0.1, 0.15) is 21.5 Å². The summed E-state index contributed by atoms with van der Waals surface area (Å²) in [5.74, 6) is 1.29. The highest BCUT2D eigenvalue weighted by atomic mass is 32.2. The lowest BCUT2D eigenvalue weighted by molar-refractivity contribution is -0.122. The van der Waals surface area contributed by atoms with E-state index in [1.807, 2.05) is 31.2 Å². The molecule has 0 N–H and O–H groups in total. The molecule has 0 unspecified atom stereocenters. The van der Waals surface area contributed by atoms with Crippen molar-refractivity contribution in [3.05, 3.63) is 69.0 Å². The number of methoxy groups -OCH3 is 1. The lowest BCUT2D eigenvalue weighted by Crippen LogP contribution is -2.47. The summed E-state index contributed by atoms with van der Waals surface area (Å²) < 4.78 is 7.39. The zero-order valence-electron chi connectivity index (χ0n) is 21.8. The van der Waals surface area contributed by atoms with E-state index in [1.54, 1.807) is 28.7 Å². The molecule has 0 spiro atoms. The molecule has 1 amide bonds. The Hall–Kier alpha value is -3.37. The van der Waals surface area contributed by atoms with Crippen molar-refractivity contribution in [1.82, 2.24) is 14.3 Å². The Kier molecular flexibility index (Phi) is 7.71. The summed E-state index contributed by atoms with van der Waals surface area (Å²) in [4.78, 5) is 38.5. The van der Waals surface area contributed by atoms with Crippen molar-refractivity contribution in [3.63, 3.8) is 0 Å². The predicted octanol–water partition coefficient (Wildman–Crippen LogP) is 4.34. The Morgan fingerprint density at radius 1 is 1.08 bits per heavy atom. The first-order chi connectivity index (χ1) is 18.4. The van der Waals surface area contributed by atoms with Gasteiger partial charge in [0.25, 0.3) is 11.5 Å². The van der Waals surface area contributed by atoms with E-state index < -0.39 is 0 Å². The molecule has 0 aliphatic carbocycles. The molecule has 2 saturated heterocycles. The first-order valence-electron chi connectivity index (χ1n) is 12.8. The molecular weight excluding hydrogens is 518 g/mol. The summed E-state index contributed by atoms with van der Waals surface area (Å²) in [6.45, 7) is 7.56. The van der Waals surface area contributed by atoms with Crippen molar-refractivity contribution in [2.45, 2.75) is 26.7 Å². The van der Waals surface area contributed by atoms with E-state index in [9.17, 15) is 9.59 Å². The molecule has 2 aliphatic heterocycles. The molecule has 0 saturated carbocycles. The number of unbranched alkanes of at least 4 members (excludes halogenated alkanes) is 1. The van der Waals surface area contributed by atoms with Gasteiger partial charge in [0.05, 0.1) is 17.6 Å². The Bertz CT molecular complexity index is 1460.